The van der Waals surface area contributed by atoms with Gasteiger partial charge in [-0.2, -0.15) is 0 Å². The van der Waals surface area contributed by atoms with Gasteiger partial charge in [-0.25, -0.2) is 0 Å². The number of carbonyl (C=O) groups excluding carboxylic acids is 1. The predicted octanol–water partition coefficient (Wildman–Crippen LogP) is 2.20. The third-order valence-corrected chi connectivity index (χ3v) is 5.17. The second kappa shape index (κ2) is 4.74. The van der Waals surface area contributed by atoms with Gasteiger partial charge in [-0.05, 0) is 48.3 Å². The zero-order valence-corrected chi connectivity index (χ0v) is 13.5. The predicted molar refractivity (Wildman–Crippen MR) is 82.2 cm³/mol. The Bertz CT molecular complexity index is 319. The summed E-state index contributed by atoms with van der Waals surface area (Å²) in [6, 6.07) is 0.873. The Morgan fingerprint density at radius 1 is 1.47 bits per heavy atom. The quantitative estimate of drug-likeness (QED) is 0.405. The molecule has 1 amide bonds. The first kappa shape index (κ1) is 13.7. The SMILES string of the molecule is BC1(I)CC(C)CC2C(CC(=O)N2C(C)C)C1. The van der Waals surface area contributed by atoms with Gasteiger partial charge in [0.25, 0.3) is 0 Å². The van der Waals surface area contributed by atoms with Crippen LogP contribution in [0.4, 0.5) is 0 Å². The van der Waals surface area contributed by atoms with Crippen LogP contribution in [0.1, 0.15) is 46.5 Å². The van der Waals surface area contributed by atoms with E-state index in [9.17, 15) is 4.79 Å². The number of amides is 1. The molecule has 2 nitrogen and oxygen atoms in total. The Labute approximate surface area is 119 Å². The highest BCUT2D eigenvalue weighted by Crippen LogP contribution is 2.44. The van der Waals surface area contributed by atoms with Crippen molar-refractivity contribution in [3.05, 3.63) is 0 Å². The van der Waals surface area contributed by atoms with E-state index in [1.54, 1.807) is 0 Å². The van der Waals surface area contributed by atoms with Crippen LogP contribution in [0.15, 0.2) is 0 Å². The van der Waals surface area contributed by atoms with Gasteiger partial charge in [-0.3, -0.25) is 4.79 Å². The summed E-state index contributed by atoms with van der Waals surface area (Å²) in [5.41, 5.74) is 0. The fourth-order valence-electron chi connectivity index (χ4n) is 3.92. The lowest BCUT2D eigenvalue weighted by molar-refractivity contribution is -0.130. The van der Waals surface area contributed by atoms with Crippen molar-refractivity contribution in [2.45, 2.75) is 61.9 Å². The smallest absolute Gasteiger partial charge is 0.223 e. The third-order valence-electron chi connectivity index (χ3n) is 4.29. The number of alkyl halides is 1. The fourth-order valence-corrected chi connectivity index (χ4v) is 5.23. The molecule has 4 atom stereocenters. The van der Waals surface area contributed by atoms with E-state index in [4.69, 9.17) is 0 Å². The van der Waals surface area contributed by atoms with Gasteiger partial charge in [0, 0.05) is 18.5 Å². The van der Waals surface area contributed by atoms with Crippen molar-refractivity contribution in [3.8, 4) is 0 Å². The normalized spacial score (nSPS) is 42.8. The monoisotopic (exact) mass is 347 g/mol. The molecule has 4 unspecified atom stereocenters. The third kappa shape index (κ3) is 2.82. The molecule has 17 heavy (non-hydrogen) atoms. The molecule has 1 aliphatic heterocycles. The largest absolute Gasteiger partial charge is 0.337 e. The molecule has 96 valence electrons. The Morgan fingerprint density at radius 2 is 2.12 bits per heavy atom. The zero-order valence-electron chi connectivity index (χ0n) is 11.4. The molecule has 2 fully saturated rings. The number of carbonyl (C=O) groups is 1. The van der Waals surface area contributed by atoms with Crippen molar-refractivity contribution < 1.29 is 4.79 Å². The van der Waals surface area contributed by atoms with Crippen molar-refractivity contribution in [3.63, 3.8) is 0 Å². The minimum Gasteiger partial charge on any atom is -0.337 e. The second-order valence-electron chi connectivity index (χ2n) is 6.59. The van der Waals surface area contributed by atoms with E-state index in [2.05, 4.69) is 56.1 Å². The van der Waals surface area contributed by atoms with Crippen LogP contribution in [-0.4, -0.2) is 34.1 Å². The number of rotatable bonds is 1. The molecule has 0 bridgehead atoms. The second-order valence-corrected chi connectivity index (χ2v) is 9.19. The molecule has 0 radical (unpaired) electrons. The highest BCUT2D eigenvalue weighted by Gasteiger charge is 2.46. The molecule has 0 N–H and O–H groups in total. The minimum absolute atomic E-state index is 0.364. The summed E-state index contributed by atoms with van der Waals surface area (Å²) < 4.78 is 0.379. The Kier molecular flexibility index (Phi) is 3.82. The minimum atomic E-state index is 0.364. The van der Waals surface area contributed by atoms with Crippen LogP contribution in [0, 0.1) is 11.8 Å². The maximum atomic E-state index is 12.1. The lowest BCUT2D eigenvalue weighted by atomic mass is 9.76. The molecular formula is C13H23BINO. The maximum absolute atomic E-state index is 12.1. The highest BCUT2D eigenvalue weighted by molar-refractivity contribution is 14.1. The van der Waals surface area contributed by atoms with E-state index in [0.717, 1.165) is 12.3 Å². The number of hydrogen-bond donors (Lipinski definition) is 0. The fraction of sp³-hybridized carbons (Fsp3) is 0.923. The van der Waals surface area contributed by atoms with Crippen LogP contribution in [-0.2, 0) is 4.79 Å². The number of hydrogen-bond acceptors (Lipinski definition) is 1. The Hall–Kier alpha value is 0.265. The summed E-state index contributed by atoms with van der Waals surface area (Å²) in [6.07, 6.45) is 4.49. The van der Waals surface area contributed by atoms with Gasteiger partial charge in [-0.1, -0.05) is 29.5 Å². The molecule has 0 aromatic carbocycles. The standard InChI is InChI=1S/C13H23BINO/c1-8(2)16-11-4-9(3)6-13(14,15)7-10(11)5-12(16)17/h8-11H,4-7,14H2,1-3H3. The summed E-state index contributed by atoms with van der Waals surface area (Å²) >= 11 is 2.61. The molecule has 2 aliphatic rings. The summed E-state index contributed by atoms with van der Waals surface area (Å²) in [5.74, 6) is 1.71. The van der Waals surface area contributed by atoms with Crippen LogP contribution in [0.5, 0.6) is 0 Å². The lowest BCUT2D eigenvalue weighted by Gasteiger charge is -2.31. The average molecular weight is 347 g/mol. The van der Waals surface area contributed by atoms with Gasteiger partial charge >= 0.3 is 0 Å². The molecule has 2 rings (SSSR count). The molecule has 1 saturated carbocycles. The van der Waals surface area contributed by atoms with Crippen molar-refractivity contribution in [2.24, 2.45) is 11.8 Å². The first-order valence-corrected chi connectivity index (χ1v) is 7.88. The molecule has 4 heteroatoms. The molecule has 0 aromatic rings. The van der Waals surface area contributed by atoms with Crippen molar-refractivity contribution in [2.75, 3.05) is 0 Å². The van der Waals surface area contributed by atoms with E-state index >= 15 is 0 Å². The molecule has 0 spiro atoms. The number of nitrogens with zero attached hydrogens (tertiary/aromatic N) is 1. The molecule has 1 saturated heterocycles. The van der Waals surface area contributed by atoms with Crippen LogP contribution < -0.4 is 0 Å². The van der Waals surface area contributed by atoms with Crippen molar-refractivity contribution in [1.82, 2.24) is 4.90 Å². The van der Waals surface area contributed by atoms with E-state index in [1.807, 2.05) is 0 Å². The van der Waals surface area contributed by atoms with E-state index in [-0.39, 0.29) is 0 Å². The Balaban J connectivity index is 2.23. The van der Waals surface area contributed by atoms with Crippen LogP contribution >= 0.6 is 22.6 Å². The first-order chi connectivity index (χ1) is 7.80. The van der Waals surface area contributed by atoms with Gasteiger partial charge in [-0.15, -0.1) is 0 Å². The Morgan fingerprint density at radius 3 is 2.71 bits per heavy atom. The van der Waals surface area contributed by atoms with Crippen molar-refractivity contribution >= 4 is 36.3 Å². The maximum Gasteiger partial charge on any atom is 0.223 e. The number of likely N-dealkylation sites (tertiary alicyclic amines) is 1. The summed E-state index contributed by atoms with van der Waals surface area (Å²) in [4.78, 5) is 14.3. The average Bonchev–Trinajstić information content (AvgIpc) is 2.33. The van der Waals surface area contributed by atoms with Gasteiger partial charge in [0.1, 0.15) is 7.85 Å². The van der Waals surface area contributed by atoms with E-state index in [1.165, 1.54) is 19.3 Å². The number of fused-ring (bicyclic) bond motifs is 1. The van der Waals surface area contributed by atoms with Gasteiger partial charge in [0.2, 0.25) is 5.91 Å². The van der Waals surface area contributed by atoms with Crippen LogP contribution in [0.2, 0.25) is 0 Å². The van der Waals surface area contributed by atoms with Crippen LogP contribution in [0.25, 0.3) is 0 Å². The topological polar surface area (TPSA) is 20.3 Å². The molecule has 0 aromatic heterocycles. The molecule has 1 aliphatic carbocycles. The van der Waals surface area contributed by atoms with Crippen LogP contribution in [0.3, 0.4) is 0 Å². The zero-order chi connectivity index (χ0) is 12.8. The highest BCUT2D eigenvalue weighted by atomic mass is 127. The van der Waals surface area contributed by atoms with Gasteiger partial charge in [0.05, 0.1) is 0 Å². The number of halogens is 1. The van der Waals surface area contributed by atoms with E-state index < -0.39 is 0 Å². The van der Waals surface area contributed by atoms with E-state index in [0.29, 0.717) is 27.2 Å². The molecular weight excluding hydrogens is 324 g/mol. The van der Waals surface area contributed by atoms with Gasteiger partial charge in [0.15, 0.2) is 0 Å². The van der Waals surface area contributed by atoms with Crippen molar-refractivity contribution in [1.29, 1.82) is 0 Å². The lowest BCUT2D eigenvalue weighted by Crippen LogP contribution is -2.40. The summed E-state index contributed by atoms with van der Waals surface area (Å²) in [7, 11) is 2.36. The first-order valence-electron chi connectivity index (χ1n) is 6.80. The molecule has 1 heterocycles. The van der Waals surface area contributed by atoms with Gasteiger partial charge < -0.3 is 4.90 Å². The summed E-state index contributed by atoms with van der Waals surface area (Å²) in [5, 5.41) is 0. The summed E-state index contributed by atoms with van der Waals surface area (Å²) in [6.45, 7) is 6.65.